The predicted octanol–water partition coefficient (Wildman–Crippen LogP) is 9.44. The molecule has 0 spiro atoms. The number of aryl methyl sites for hydroxylation is 2. The van der Waals surface area contributed by atoms with Gasteiger partial charge in [0.2, 0.25) is 0 Å². The normalized spacial score (nSPS) is 11.7. The SMILES string of the molecule is COc1ccc(COc2cc(C(F)(F)F)cc3nc(C)n(CCOc4ccc(Cl)cc4-c4cc(C)nc5c(C(=O)OCC(C)C)csc45)c(=O)c23)cc1. The Morgan fingerprint density at radius 2 is 1.72 bits per heavy atom. The van der Waals surface area contributed by atoms with Crippen LogP contribution in [0.3, 0.4) is 0 Å². The molecule has 0 radical (unpaired) electrons. The summed E-state index contributed by atoms with van der Waals surface area (Å²) >= 11 is 7.81. The molecule has 0 N–H and O–H groups in total. The highest BCUT2D eigenvalue weighted by molar-refractivity contribution is 7.18. The third-order valence-electron chi connectivity index (χ3n) is 8.32. The molecular formula is C39H35ClF3N3O6S. The number of methoxy groups -OCH3 is 1. The maximum absolute atomic E-state index is 14.0. The molecule has 14 heteroatoms. The molecule has 0 saturated heterocycles. The second kappa shape index (κ2) is 15.5. The van der Waals surface area contributed by atoms with E-state index in [1.54, 1.807) is 54.8 Å². The highest BCUT2D eigenvalue weighted by Gasteiger charge is 2.33. The molecule has 6 rings (SSSR count). The van der Waals surface area contributed by atoms with Crippen LogP contribution in [0.25, 0.3) is 32.2 Å². The summed E-state index contributed by atoms with van der Waals surface area (Å²) in [6, 6.07) is 15.5. The minimum Gasteiger partial charge on any atom is -0.497 e. The summed E-state index contributed by atoms with van der Waals surface area (Å²) in [6.45, 7) is 7.48. The van der Waals surface area contributed by atoms with Crippen molar-refractivity contribution in [3.05, 3.63) is 110 Å². The van der Waals surface area contributed by atoms with Crippen molar-refractivity contribution >= 4 is 50.0 Å². The van der Waals surface area contributed by atoms with Gasteiger partial charge in [0.05, 0.1) is 47.1 Å². The Kier molecular flexibility index (Phi) is 11.0. The van der Waals surface area contributed by atoms with E-state index in [0.717, 1.165) is 22.4 Å². The Balaban J connectivity index is 1.31. The van der Waals surface area contributed by atoms with Gasteiger partial charge in [0, 0.05) is 27.2 Å². The number of carbonyl (C=O) groups is 1. The van der Waals surface area contributed by atoms with Crippen LogP contribution in [0.15, 0.2) is 70.8 Å². The van der Waals surface area contributed by atoms with Crippen LogP contribution in [-0.2, 0) is 24.1 Å². The number of pyridine rings is 1. The Labute approximate surface area is 311 Å². The topological polar surface area (TPSA) is 102 Å². The van der Waals surface area contributed by atoms with Crippen LogP contribution in [0.1, 0.15) is 46.9 Å². The van der Waals surface area contributed by atoms with E-state index in [0.29, 0.717) is 44.4 Å². The first kappa shape index (κ1) is 37.6. The van der Waals surface area contributed by atoms with Gasteiger partial charge < -0.3 is 18.9 Å². The largest absolute Gasteiger partial charge is 0.497 e. The van der Waals surface area contributed by atoms with Crippen LogP contribution in [0, 0.1) is 19.8 Å². The number of aromatic nitrogens is 3. The number of nitrogens with zero attached hydrogens (tertiary/aromatic N) is 3. The van der Waals surface area contributed by atoms with E-state index in [1.165, 1.54) is 23.0 Å². The van der Waals surface area contributed by atoms with Gasteiger partial charge in [-0.25, -0.2) is 9.78 Å². The standard InChI is InChI=1S/C39H35ClF3N3O6S/c1-21(2)18-52-38(48)30-20-53-36-29(14-22(3)44-35(30)36)28-17-26(40)8-11-32(28)50-13-12-46-23(4)45-31-15-25(39(41,42)43)16-33(34(31)37(46)47)51-19-24-6-9-27(49-5)10-7-24/h6-11,14-17,20-21H,12-13,18-19H2,1-5H3. The molecule has 0 aliphatic rings. The number of rotatable bonds is 12. The van der Waals surface area contributed by atoms with Gasteiger partial charge in [-0.1, -0.05) is 37.6 Å². The summed E-state index contributed by atoms with van der Waals surface area (Å²) in [4.78, 5) is 35.9. The van der Waals surface area contributed by atoms with Gasteiger partial charge >= 0.3 is 12.1 Å². The molecule has 0 aliphatic heterocycles. The molecule has 276 valence electrons. The molecule has 53 heavy (non-hydrogen) atoms. The fourth-order valence-electron chi connectivity index (χ4n) is 5.73. The van der Waals surface area contributed by atoms with Crippen molar-refractivity contribution in [2.45, 2.75) is 47.0 Å². The minimum absolute atomic E-state index is 0.00430. The summed E-state index contributed by atoms with van der Waals surface area (Å²) in [7, 11) is 1.52. The summed E-state index contributed by atoms with van der Waals surface area (Å²) in [5.74, 6) is 0.746. The van der Waals surface area contributed by atoms with E-state index >= 15 is 0 Å². The van der Waals surface area contributed by atoms with Crippen molar-refractivity contribution in [1.82, 2.24) is 14.5 Å². The second-order valence-electron chi connectivity index (χ2n) is 12.7. The summed E-state index contributed by atoms with van der Waals surface area (Å²) < 4.78 is 66.6. The van der Waals surface area contributed by atoms with Crippen LogP contribution in [0.2, 0.25) is 5.02 Å². The fraction of sp³-hybridized carbons (Fsp3) is 0.282. The van der Waals surface area contributed by atoms with Crippen LogP contribution in [-0.4, -0.2) is 40.8 Å². The van der Waals surface area contributed by atoms with Gasteiger partial charge in [-0.15, -0.1) is 11.3 Å². The molecular weight excluding hydrogens is 731 g/mol. The minimum atomic E-state index is -4.69. The number of carbonyl (C=O) groups excluding carboxylic acids is 1. The molecule has 0 bridgehead atoms. The molecule has 3 aromatic heterocycles. The molecule has 0 atom stereocenters. The molecule has 3 heterocycles. The number of thiophene rings is 1. The summed E-state index contributed by atoms with van der Waals surface area (Å²) in [5.41, 5.74) is 1.90. The molecule has 9 nitrogen and oxygen atoms in total. The maximum atomic E-state index is 14.0. The van der Waals surface area contributed by atoms with Crippen molar-refractivity contribution in [3.8, 4) is 28.4 Å². The van der Waals surface area contributed by atoms with E-state index < -0.39 is 23.3 Å². The molecule has 0 amide bonds. The summed E-state index contributed by atoms with van der Waals surface area (Å²) in [5, 5.41) is 2.09. The Bertz CT molecular complexity index is 2370. The van der Waals surface area contributed by atoms with E-state index in [4.69, 9.17) is 30.5 Å². The van der Waals surface area contributed by atoms with Crippen molar-refractivity contribution < 1.29 is 36.9 Å². The van der Waals surface area contributed by atoms with Crippen molar-refractivity contribution in [1.29, 1.82) is 0 Å². The van der Waals surface area contributed by atoms with E-state index in [1.807, 2.05) is 26.8 Å². The first-order chi connectivity index (χ1) is 25.2. The molecule has 0 fully saturated rings. The maximum Gasteiger partial charge on any atom is 0.416 e. The molecule has 0 aliphatic carbocycles. The monoisotopic (exact) mass is 765 g/mol. The number of ether oxygens (including phenoxy) is 4. The Morgan fingerprint density at radius 1 is 0.962 bits per heavy atom. The highest BCUT2D eigenvalue weighted by Crippen LogP contribution is 2.41. The van der Waals surface area contributed by atoms with E-state index in [2.05, 4.69) is 9.97 Å². The highest BCUT2D eigenvalue weighted by atomic mass is 35.5. The number of esters is 1. The molecule has 3 aromatic carbocycles. The Hall–Kier alpha value is -5.14. The molecule has 0 saturated carbocycles. The second-order valence-corrected chi connectivity index (χ2v) is 14.1. The van der Waals surface area contributed by atoms with Gasteiger partial charge in [0.25, 0.3) is 5.56 Å². The van der Waals surface area contributed by atoms with Gasteiger partial charge in [0.1, 0.15) is 41.7 Å². The number of fused-ring (bicyclic) bond motifs is 2. The lowest BCUT2D eigenvalue weighted by Crippen LogP contribution is -2.27. The van der Waals surface area contributed by atoms with Gasteiger partial charge in [0.15, 0.2) is 0 Å². The molecule has 0 unspecified atom stereocenters. The third kappa shape index (κ3) is 8.26. The molecule has 6 aromatic rings. The quantitative estimate of drug-likeness (QED) is 0.114. The average Bonchev–Trinajstić information content (AvgIpc) is 3.54. The van der Waals surface area contributed by atoms with Gasteiger partial charge in [-0.2, -0.15) is 13.2 Å². The Morgan fingerprint density at radius 3 is 2.42 bits per heavy atom. The third-order valence-corrected chi connectivity index (χ3v) is 9.55. The first-order valence-corrected chi connectivity index (χ1v) is 17.9. The lowest BCUT2D eigenvalue weighted by atomic mass is 10.0. The number of alkyl halides is 3. The average molecular weight is 766 g/mol. The number of halogens is 4. The number of benzene rings is 3. The fourth-order valence-corrected chi connectivity index (χ4v) is 6.91. The number of hydrogen-bond acceptors (Lipinski definition) is 9. The van der Waals surface area contributed by atoms with Gasteiger partial charge in [-0.3, -0.25) is 14.3 Å². The smallest absolute Gasteiger partial charge is 0.416 e. The van der Waals surface area contributed by atoms with E-state index in [9.17, 15) is 22.8 Å². The van der Waals surface area contributed by atoms with Crippen molar-refractivity contribution in [2.75, 3.05) is 20.3 Å². The van der Waals surface area contributed by atoms with Crippen molar-refractivity contribution in [3.63, 3.8) is 0 Å². The number of hydrogen-bond donors (Lipinski definition) is 0. The van der Waals surface area contributed by atoms with Crippen molar-refractivity contribution in [2.24, 2.45) is 5.92 Å². The lowest BCUT2D eigenvalue weighted by molar-refractivity contribution is -0.137. The zero-order valence-corrected chi connectivity index (χ0v) is 31.0. The first-order valence-electron chi connectivity index (χ1n) is 16.6. The predicted molar refractivity (Wildman–Crippen MR) is 198 cm³/mol. The zero-order chi connectivity index (χ0) is 38.0. The van der Waals surface area contributed by atoms with E-state index in [-0.39, 0.29) is 54.8 Å². The zero-order valence-electron chi connectivity index (χ0n) is 29.5. The lowest BCUT2D eigenvalue weighted by Gasteiger charge is -2.17. The van der Waals surface area contributed by atoms with Gasteiger partial charge in [-0.05, 0) is 73.9 Å². The van der Waals surface area contributed by atoms with Crippen LogP contribution >= 0.6 is 22.9 Å². The van der Waals surface area contributed by atoms with Crippen LogP contribution in [0.5, 0.6) is 17.2 Å². The van der Waals surface area contributed by atoms with Crippen LogP contribution in [0.4, 0.5) is 13.2 Å². The van der Waals surface area contributed by atoms with Crippen LogP contribution < -0.4 is 19.8 Å². The summed E-state index contributed by atoms with van der Waals surface area (Å²) in [6.07, 6.45) is -4.69.